The number of carbonyl (C=O) groups excluding carboxylic acids is 1. The summed E-state index contributed by atoms with van der Waals surface area (Å²) in [5, 5.41) is 8.23. The van der Waals surface area contributed by atoms with Crippen LogP contribution in [0.25, 0.3) is 11.0 Å². The lowest BCUT2D eigenvalue weighted by Gasteiger charge is -2.33. The molecular formula is C19H21ClN6O. The second-order valence-corrected chi connectivity index (χ2v) is 7.09. The van der Waals surface area contributed by atoms with Crippen molar-refractivity contribution in [3.8, 4) is 0 Å². The molecule has 1 saturated heterocycles. The molecule has 1 aliphatic rings. The molecule has 3 aromatic rings. The van der Waals surface area contributed by atoms with Crippen LogP contribution in [0.2, 0.25) is 5.02 Å². The molecule has 0 aliphatic carbocycles. The van der Waals surface area contributed by atoms with E-state index in [0.29, 0.717) is 11.6 Å². The zero-order chi connectivity index (χ0) is 18.6. The summed E-state index contributed by atoms with van der Waals surface area (Å²) in [6.45, 7) is 1.69. The van der Waals surface area contributed by atoms with Crippen LogP contribution in [-0.2, 0) is 4.79 Å². The van der Waals surface area contributed by atoms with Crippen LogP contribution in [0.15, 0.2) is 42.9 Å². The molecule has 0 spiro atoms. The first-order valence-electron chi connectivity index (χ1n) is 9.01. The Balaban J connectivity index is 1.36. The van der Waals surface area contributed by atoms with E-state index in [2.05, 4.69) is 25.6 Å². The summed E-state index contributed by atoms with van der Waals surface area (Å²) < 4.78 is 0. The number of nitrogens with one attached hydrogen (secondary N) is 3. The number of hydrogen-bond acceptors (Lipinski definition) is 5. The van der Waals surface area contributed by atoms with Gasteiger partial charge in [0.15, 0.2) is 0 Å². The Kier molecular flexibility index (Phi) is 5.11. The fraction of sp³-hybridized carbons (Fsp3) is 0.316. The summed E-state index contributed by atoms with van der Waals surface area (Å²) in [7, 11) is 0. The summed E-state index contributed by atoms with van der Waals surface area (Å²) in [5.41, 5.74) is 1.65. The SMILES string of the molecule is O=C(CNc1cccc(Cl)c1)N1CCC[C@@H](Nc2ncnc3[nH]ccc23)C1. The number of fused-ring (bicyclic) bond motifs is 1. The van der Waals surface area contributed by atoms with Crippen LogP contribution >= 0.6 is 11.6 Å². The van der Waals surface area contributed by atoms with E-state index in [1.807, 2.05) is 41.4 Å². The van der Waals surface area contributed by atoms with E-state index in [1.165, 1.54) is 0 Å². The molecule has 27 heavy (non-hydrogen) atoms. The average molecular weight is 385 g/mol. The van der Waals surface area contributed by atoms with Crippen LogP contribution in [-0.4, -0.2) is 51.4 Å². The third-order valence-corrected chi connectivity index (χ3v) is 4.97. The van der Waals surface area contributed by atoms with Gasteiger partial charge in [0.05, 0.1) is 11.9 Å². The average Bonchev–Trinajstić information content (AvgIpc) is 3.16. The summed E-state index contributed by atoms with van der Waals surface area (Å²) >= 11 is 5.98. The van der Waals surface area contributed by atoms with Gasteiger partial charge in [0.25, 0.3) is 0 Å². The molecule has 1 amide bonds. The molecule has 4 rings (SSSR count). The highest BCUT2D eigenvalue weighted by atomic mass is 35.5. The molecule has 140 valence electrons. The van der Waals surface area contributed by atoms with Crippen LogP contribution in [0.3, 0.4) is 0 Å². The van der Waals surface area contributed by atoms with E-state index in [9.17, 15) is 4.79 Å². The Morgan fingerprint density at radius 1 is 1.33 bits per heavy atom. The number of aromatic amines is 1. The van der Waals surface area contributed by atoms with Crippen molar-refractivity contribution in [3.05, 3.63) is 47.9 Å². The lowest BCUT2D eigenvalue weighted by Crippen LogP contribution is -2.47. The van der Waals surface area contributed by atoms with Crippen molar-refractivity contribution >= 4 is 40.0 Å². The monoisotopic (exact) mass is 384 g/mol. The second kappa shape index (κ2) is 7.84. The van der Waals surface area contributed by atoms with Crippen molar-refractivity contribution in [3.63, 3.8) is 0 Å². The minimum absolute atomic E-state index is 0.0796. The summed E-state index contributed by atoms with van der Waals surface area (Å²) in [6.07, 6.45) is 5.36. The molecular weight excluding hydrogens is 364 g/mol. The van der Waals surface area contributed by atoms with Gasteiger partial charge in [-0.25, -0.2) is 9.97 Å². The highest BCUT2D eigenvalue weighted by Gasteiger charge is 2.24. The maximum Gasteiger partial charge on any atom is 0.241 e. The molecule has 1 aromatic carbocycles. The van der Waals surface area contributed by atoms with Crippen LogP contribution < -0.4 is 10.6 Å². The summed E-state index contributed by atoms with van der Waals surface area (Å²) in [4.78, 5) is 26.1. The maximum atomic E-state index is 12.6. The Labute approximate surface area is 162 Å². The normalized spacial score (nSPS) is 17.1. The van der Waals surface area contributed by atoms with Gasteiger partial charge >= 0.3 is 0 Å². The molecule has 3 N–H and O–H groups in total. The quantitative estimate of drug-likeness (QED) is 0.629. The number of anilines is 2. The van der Waals surface area contributed by atoms with Gasteiger partial charge in [0.1, 0.15) is 17.8 Å². The lowest BCUT2D eigenvalue weighted by atomic mass is 10.1. The van der Waals surface area contributed by atoms with Crippen molar-refractivity contribution in [2.75, 3.05) is 30.3 Å². The fourth-order valence-electron chi connectivity index (χ4n) is 3.39. The molecule has 2 aromatic heterocycles. The van der Waals surface area contributed by atoms with Gasteiger partial charge in [-0.3, -0.25) is 4.79 Å². The van der Waals surface area contributed by atoms with Crippen LogP contribution in [0, 0.1) is 0 Å². The van der Waals surface area contributed by atoms with Crippen LogP contribution in [0.4, 0.5) is 11.5 Å². The number of amides is 1. The highest BCUT2D eigenvalue weighted by Crippen LogP contribution is 2.21. The molecule has 0 bridgehead atoms. The summed E-state index contributed by atoms with van der Waals surface area (Å²) in [6, 6.07) is 9.51. The molecule has 0 unspecified atom stereocenters. The second-order valence-electron chi connectivity index (χ2n) is 6.65. The van der Waals surface area contributed by atoms with Gasteiger partial charge in [0.2, 0.25) is 5.91 Å². The Hall–Kier alpha value is -2.80. The van der Waals surface area contributed by atoms with Gasteiger partial charge in [-0.05, 0) is 37.1 Å². The molecule has 1 aliphatic heterocycles. The minimum atomic E-state index is 0.0796. The fourth-order valence-corrected chi connectivity index (χ4v) is 3.58. The first-order valence-corrected chi connectivity index (χ1v) is 9.39. The zero-order valence-corrected chi connectivity index (χ0v) is 15.5. The maximum absolute atomic E-state index is 12.6. The van der Waals surface area contributed by atoms with Gasteiger partial charge in [-0.2, -0.15) is 0 Å². The molecule has 7 nitrogen and oxygen atoms in total. The smallest absolute Gasteiger partial charge is 0.241 e. The van der Waals surface area contributed by atoms with Crippen molar-refractivity contribution in [2.24, 2.45) is 0 Å². The number of nitrogens with zero attached hydrogens (tertiary/aromatic N) is 3. The standard InChI is InChI=1S/C19H21ClN6O/c20-13-3-1-4-14(9-13)22-10-17(27)26-8-2-5-15(11-26)25-19-16-6-7-21-18(16)23-12-24-19/h1,3-4,6-7,9,12,15,22H,2,5,8,10-11H2,(H2,21,23,24,25)/t15-/m1/s1. The van der Waals surface area contributed by atoms with E-state index in [1.54, 1.807) is 6.33 Å². The van der Waals surface area contributed by atoms with Crippen molar-refractivity contribution in [1.82, 2.24) is 19.9 Å². The first-order chi connectivity index (χ1) is 13.2. The van der Waals surface area contributed by atoms with E-state index >= 15 is 0 Å². The van der Waals surface area contributed by atoms with E-state index < -0.39 is 0 Å². The number of likely N-dealkylation sites (tertiary alicyclic amines) is 1. The molecule has 1 atom stereocenters. The topological polar surface area (TPSA) is 85.9 Å². The minimum Gasteiger partial charge on any atom is -0.376 e. The van der Waals surface area contributed by atoms with Crippen molar-refractivity contribution in [1.29, 1.82) is 0 Å². The highest BCUT2D eigenvalue weighted by molar-refractivity contribution is 6.30. The van der Waals surface area contributed by atoms with Crippen molar-refractivity contribution in [2.45, 2.75) is 18.9 Å². The van der Waals surface area contributed by atoms with Gasteiger partial charge in [0, 0.05) is 36.0 Å². The number of hydrogen-bond donors (Lipinski definition) is 3. The van der Waals surface area contributed by atoms with Crippen molar-refractivity contribution < 1.29 is 4.79 Å². The van der Waals surface area contributed by atoms with E-state index in [4.69, 9.17) is 11.6 Å². The number of H-pyrrole nitrogens is 1. The molecule has 0 saturated carbocycles. The third-order valence-electron chi connectivity index (χ3n) is 4.74. The van der Waals surface area contributed by atoms with Gasteiger partial charge in [-0.15, -0.1) is 0 Å². The van der Waals surface area contributed by atoms with E-state index in [0.717, 1.165) is 41.9 Å². The number of halogens is 1. The largest absolute Gasteiger partial charge is 0.376 e. The molecule has 0 radical (unpaired) electrons. The predicted octanol–water partition coefficient (Wildman–Crippen LogP) is 3.13. The first kappa shape index (κ1) is 17.6. The van der Waals surface area contributed by atoms with Crippen LogP contribution in [0.1, 0.15) is 12.8 Å². The number of aromatic nitrogens is 3. The number of piperidine rings is 1. The molecule has 8 heteroatoms. The third kappa shape index (κ3) is 4.14. The number of rotatable bonds is 5. The Morgan fingerprint density at radius 2 is 2.26 bits per heavy atom. The molecule has 1 fully saturated rings. The Bertz CT molecular complexity index is 943. The lowest BCUT2D eigenvalue weighted by molar-refractivity contribution is -0.130. The van der Waals surface area contributed by atoms with E-state index in [-0.39, 0.29) is 18.5 Å². The summed E-state index contributed by atoms with van der Waals surface area (Å²) in [5.74, 6) is 0.883. The molecule has 3 heterocycles. The van der Waals surface area contributed by atoms with Gasteiger partial charge < -0.3 is 20.5 Å². The number of benzene rings is 1. The zero-order valence-electron chi connectivity index (χ0n) is 14.8. The van der Waals surface area contributed by atoms with Crippen LogP contribution in [0.5, 0.6) is 0 Å². The van der Waals surface area contributed by atoms with Gasteiger partial charge in [-0.1, -0.05) is 17.7 Å². The number of carbonyl (C=O) groups is 1. The predicted molar refractivity (Wildman–Crippen MR) is 107 cm³/mol. The Morgan fingerprint density at radius 3 is 3.15 bits per heavy atom.